The highest BCUT2D eigenvalue weighted by Crippen LogP contribution is 2.36. The van der Waals surface area contributed by atoms with Crippen molar-refractivity contribution in [1.29, 1.82) is 0 Å². The van der Waals surface area contributed by atoms with Crippen molar-refractivity contribution in [3.63, 3.8) is 0 Å². The van der Waals surface area contributed by atoms with Crippen molar-refractivity contribution in [2.45, 2.75) is 11.8 Å². The minimum absolute atomic E-state index is 0.0169. The van der Waals surface area contributed by atoms with Crippen molar-refractivity contribution < 1.29 is 21.9 Å². The average molecular weight is 460 g/mol. The van der Waals surface area contributed by atoms with Gasteiger partial charge in [-0.15, -0.1) is 0 Å². The average Bonchev–Trinajstić information content (AvgIpc) is 2.69. The van der Waals surface area contributed by atoms with Gasteiger partial charge in [0.05, 0.1) is 15.4 Å². The maximum atomic E-state index is 14.8. The fraction of sp³-hybridized carbons (Fsp3) is 0.0870. The molecule has 0 atom stereocenters. The minimum atomic E-state index is -3.63. The van der Waals surface area contributed by atoms with Crippen molar-refractivity contribution in [2.24, 2.45) is 0 Å². The molecule has 0 aliphatic carbocycles. The molecular formula is C23H16ClF2NO3S. The van der Waals surface area contributed by atoms with Gasteiger partial charge < -0.3 is 4.74 Å². The molecule has 0 aliphatic rings. The van der Waals surface area contributed by atoms with Crippen LogP contribution < -0.4 is 4.74 Å². The SMILES string of the molecule is Cc1cc(-c2cc(Oc3cc(F)cc(S(C)(=O)=O)c3)ccc2F)c2cccc(Cl)c2n1. The van der Waals surface area contributed by atoms with Gasteiger partial charge in [-0.2, -0.15) is 0 Å². The largest absolute Gasteiger partial charge is 0.457 e. The molecule has 0 fully saturated rings. The molecule has 0 unspecified atom stereocenters. The van der Waals surface area contributed by atoms with E-state index in [9.17, 15) is 17.2 Å². The summed E-state index contributed by atoms with van der Waals surface area (Å²) in [7, 11) is -3.63. The number of ether oxygens (including phenoxy) is 1. The molecule has 158 valence electrons. The Balaban J connectivity index is 1.83. The number of hydrogen-bond acceptors (Lipinski definition) is 4. The molecule has 4 nitrogen and oxygen atoms in total. The first kappa shape index (κ1) is 21.2. The van der Waals surface area contributed by atoms with Gasteiger partial charge in [0.15, 0.2) is 9.84 Å². The molecule has 31 heavy (non-hydrogen) atoms. The molecule has 0 bridgehead atoms. The summed E-state index contributed by atoms with van der Waals surface area (Å²) in [5.41, 5.74) is 2.02. The van der Waals surface area contributed by atoms with Crippen LogP contribution in [0.4, 0.5) is 8.78 Å². The number of nitrogens with zero attached hydrogens (tertiary/aromatic N) is 1. The monoisotopic (exact) mass is 459 g/mol. The highest BCUT2D eigenvalue weighted by Gasteiger charge is 2.15. The van der Waals surface area contributed by atoms with Gasteiger partial charge in [0.2, 0.25) is 0 Å². The molecule has 0 spiro atoms. The van der Waals surface area contributed by atoms with Gasteiger partial charge in [-0.05, 0) is 55.0 Å². The molecule has 3 aromatic carbocycles. The lowest BCUT2D eigenvalue weighted by Gasteiger charge is -2.13. The van der Waals surface area contributed by atoms with Crippen LogP contribution in [0, 0.1) is 18.6 Å². The van der Waals surface area contributed by atoms with Crippen LogP contribution in [0.3, 0.4) is 0 Å². The van der Waals surface area contributed by atoms with Gasteiger partial charge in [0.25, 0.3) is 0 Å². The minimum Gasteiger partial charge on any atom is -0.457 e. The standard InChI is InChI=1S/C23H16ClF2NO3S/c1-13-8-19(18-4-3-5-21(24)23(18)27-13)20-12-15(6-7-22(20)26)30-16-9-14(25)10-17(11-16)31(2,28)29/h3-12H,1-2H3. The van der Waals surface area contributed by atoms with Crippen LogP contribution in [0.2, 0.25) is 5.02 Å². The van der Waals surface area contributed by atoms with E-state index in [1.165, 1.54) is 24.3 Å². The lowest BCUT2D eigenvalue weighted by molar-refractivity contribution is 0.472. The highest BCUT2D eigenvalue weighted by atomic mass is 35.5. The lowest BCUT2D eigenvalue weighted by Crippen LogP contribution is -1.99. The zero-order chi connectivity index (χ0) is 22.3. The quantitative estimate of drug-likeness (QED) is 0.357. The van der Waals surface area contributed by atoms with E-state index in [1.807, 2.05) is 0 Å². The summed E-state index contributed by atoms with van der Waals surface area (Å²) >= 11 is 6.27. The number of sulfone groups is 1. The van der Waals surface area contributed by atoms with Crippen LogP contribution in [0.1, 0.15) is 5.69 Å². The Morgan fingerprint density at radius 3 is 2.45 bits per heavy atom. The number of rotatable bonds is 4. The zero-order valence-corrected chi connectivity index (χ0v) is 18.1. The van der Waals surface area contributed by atoms with Crippen LogP contribution in [-0.4, -0.2) is 19.7 Å². The summed E-state index contributed by atoms with van der Waals surface area (Å²) in [5, 5.41) is 1.11. The van der Waals surface area contributed by atoms with Gasteiger partial charge in [-0.1, -0.05) is 23.7 Å². The summed E-state index contributed by atoms with van der Waals surface area (Å²) < 4.78 is 57.9. The maximum absolute atomic E-state index is 14.8. The van der Waals surface area contributed by atoms with E-state index in [-0.39, 0.29) is 22.0 Å². The molecule has 1 aromatic heterocycles. The van der Waals surface area contributed by atoms with Gasteiger partial charge >= 0.3 is 0 Å². The van der Waals surface area contributed by atoms with Crippen molar-refractivity contribution in [3.8, 4) is 22.6 Å². The number of halogens is 3. The normalized spacial score (nSPS) is 11.6. The highest BCUT2D eigenvalue weighted by molar-refractivity contribution is 7.90. The Morgan fingerprint density at radius 1 is 0.935 bits per heavy atom. The Labute approximate surface area is 183 Å². The second kappa shape index (κ2) is 7.90. The summed E-state index contributed by atoms with van der Waals surface area (Å²) in [4.78, 5) is 4.23. The molecule has 0 saturated carbocycles. The molecule has 0 radical (unpaired) electrons. The number of hydrogen-bond donors (Lipinski definition) is 0. The number of aromatic nitrogens is 1. The summed E-state index contributed by atoms with van der Waals surface area (Å²) in [6.45, 7) is 1.78. The fourth-order valence-corrected chi connectivity index (χ4v) is 4.16. The molecule has 4 aromatic rings. The van der Waals surface area contributed by atoms with Crippen LogP contribution in [0.15, 0.2) is 65.6 Å². The van der Waals surface area contributed by atoms with Gasteiger partial charge in [-0.3, -0.25) is 4.98 Å². The van der Waals surface area contributed by atoms with E-state index < -0.39 is 21.5 Å². The van der Waals surface area contributed by atoms with E-state index in [0.717, 1.165) is 18.4 Å². The maximum Gasteiger partial charge on any atom is 0.175 e. The number of aryl methyl sites for hydroxylation is 1. The van der Waals surface area contributed by atoms with Crippen LogP contribution in [-0.2, 0) is 9.84 Å². The van der Waals surface area contributed by atoms with Crippen molar-refractivity contribution in [3.05, 3.63) is 83.0 Å². The summed E-state index contributed by atoms with van der Waals surface area (Å²) in [5.74, 6) is -1.05. The zero-order valence-electron chi connectivity index (χ0n) is 16.5. The summed E-state index contributed by atoms with van der Waals surface area (Å²) in [6, 6.07) is 14.3. The van der Waals surface area contributed by atoms with E-state index in [0.29, 0.717) is 27.2 Å². The molecule has 1 heterocycles. The Morgan fingerprint density at radius 2 is 1.71 bits per heavy atom. The van der Waals surface area contributed by atoms with Gasteiger partial charge in [0, 0.05) is 29.0 Å². The number of fused-ring (bicyclic) bond motifs is 1. The molecule has 4 rings (SSSR count). The van der Waals surface area contributed by atoms with Crippen LogP contribution in [0.5, 0.6) is 11.5 Å². The molecule has 0 aliphatic heterocycles. The molecule has 0 amide bonds. The third-order valence-corrected chi connectivity index (χ3v) is 6.05. The predicted octanol–water partition coefficient (Wildman–Crippen LogP) is 6.34. The molecule has 0 saturated heterocycles. The number of benzene rings is 3. The van der Waals surface area contributed by atoms with E-state index >= 15 is 0 Å². The smallest absolute Gasteiger partial charge is 0.175 e. The first-order valence-corrected chi connectivity index (χ1v) is 11.4. The molecule has 8 heteroatoms. The summed E-state index contributed by atoms with van der Waals surface area (Å²) in [6.07, 6.45) is 0.976. The second-order valence-electron chi connectivity index (χ2n) is 7.09. The van der Waals surface area contributed by atoms with Crippen molar-refractivity contribution >= 4 is 32.3 Å². The van der Waals surface area contributed by atoms with Crippen LogP contribution >= 0.6 is 11.6 Å². The topological polar surface area (TPSA) is 56.3 Å². The second-order valence-corrected chi connectivity index (χ2v) is 9.51. The lowest BCUT2D eigenvalue weighted by atomic mass is 9.99. The van der Waals surface area contributed by atoms with Crippen LogP contribution in [0.25, 0.3) is 22.0 Å². The van der Waals surface area contributed by atoms with E-state index in [4.69, 9.17) is 16.3 Å². The predicted molar refractivity (Wildman–Crippen MR) is 116 cm³/mol. The Hall–Kier alpha value is -3.03. The number of pyridine rings is 1. The first-order chi connectivity index (χ1) is 14.6. The molecular weight excluding hydrogens is 444 g/mol. The number of para-hydroxylation sites is 1. The van der Waals surface area contributed by atoms with Gasteiger partial charge in [-0.25, -0.2) is 17.2 Å². The van der Waals surface area contributed by atoms with Crippen molar-refractivity contribution in [2.75, 3.05) is 6.26 Å². The van der Waals surface area contributed by atoms with Crippen molar-refractivity contribution in [1.82, 2.24) is 4.98 Å². The fourth-order valence-electron chi connectivity index (χ4n) is 3.28. The van der Waals surface area contributed by atoms with E-state index in [1.54, 1.807) is 31.2 Å². The van der Waals surface area contributed by atoms with Gasteiger partial charge in [0.1, 0.15) is 23.1 Å². The Bertz CT molecular complexity index is 1440. The molecule has 0 N–H and O–H groups in total. The third kappa shape index (κ3) is 4.38. The Kier molecular flexibility index (Phi) is 5.41. The third-order valence-electron chi connectivity index (χ3n) is 4.66. The first-order valence-electron chi connectivity index (χ1n) is 9.16. The van der Waals surface area contributed by atoms with E-state index in [2.05, 4.69) is 4.98 Å².